The zero-order valence-electron chi connectivity index (χ0n) is 15.7. The average molecular weight is 378 g/mol. The largest absolute Gasteiger partial charge is 0.355 e. The fraction of sp³-hybridized carbons (Fsp3) is 0.684. The van der Waals surface area contributed by atoms with Crippen molar-refractivity contribution in [1.29, 1.82) is 0 Å². The maximum absolute atomic E-state index is 12.5. The number of piperazine rings is 1. The van der Waals surface area contributed by atoms with Gasteiger partial charge in [-0.05, 0) is 24.3 Å². The molecule has 3 rings (SSSR count). The molecule has 6 nitrogen and oxygen atoms in total. The van der Waals surface area contributed by atoms with Crippen molar-refractivity contribution >= 4 is 23.2 Å². The summed E-state index contributed by atoms with van der Waals surface area (Å²) in [4.78, 5) is 22.6. The van der Waals surface area contributed by atoms with Crippen LogP contribution >= 0.6 is 11.3 Å². The zero-order valence-corrected chi connectivity index (χ0v) is 16.6. The molecule has 1 saturated heterocycles. The van der Waals surface area contributed by atoms with E-state index >= 15 is 0 Å². The Morgan fingerprint density at radius 3 is 2.65 bits per heavy atom. The highest BCUT2D eigenvalue weighted by atomic mass is 32.1. The summed E-state index contributed by atoms with van der Waals surface area (Å²) in [5.74, 6) is 1.55. The minimum absolute atomic E-state index is 0.306. The van der Waals surface area contributed by atoms with Crippen molar-refractivity contribution in [3.63, 3.8) is 0 Å². The SMILES string of the molecule is CN=C(NCCN1CCN(C(=O)C2CCCC2)CC1)NCc1cccs1. The van der Waals surface area contributed by atoms with E-state index in [-0.39, 0.29) is 0 Å². The molecule has 0 spiro atoms. The Morgan fingerprint density at radius 2 is 2.00 bits per heavy atom. The number of nitrogens with zero attached hydrogens (tertiary/aromatic N) is 3. The molecule has 0 radical (unpaired) electrons. The predicted octanol–water partition coefficient (Wildman–Crippen LogP) is 1.75. The van der Waals surface area contributed by atoms with Gasteiger partial charge in [0.1, 0.15) is 0 Å². The first-order chi connectivity index (χ1) is 12.8. The fourth-order valence-electron chi connectivity index (χ4n) is 3.76. The first kappa shape index (κ1) is 19.2. The van der Waals surface area contributed by atoms with Crippen molar-refractivity contribution in [2.75, 3.05) is 46.3 Å². The molecule has 2 aliphatic rings. The molecule has 0 bridgehead atoms. The molecule has 2 heterocycles. The highest BCUT2D eigenvalue weighted by Crippen LogP contribution is 2.26. The van der Waals surface area contributed by atoms with Gasteiger partial charge in [-0.15, -0.1) is 11.3 Å². The van der Waals surface area contributed by atoms with Crippen LogP contribution in [0.25, 0.3) is 0 Å². The monoisotopic (exact) mass is 377 g/mol. The molecular weight excluding hydrogens is 346 g/mol. The molecule has 1 aromatic rings. The number of hydrogen-bond donors (Lipinski definition) is 2. The second kappa shape index (κ2) is 9.92. The average Bonchev–Trinajstić information content (AvgIpc) is 3.38. The summed E-state index contributed by atoms with van der Waals surface area (Å²) in [6, 6.07) is 4.19. The summed E-state index contributed by atoms with van der Waals surface area (Å²) < 4.78 is 0. The molecular formula is C19H31N5OS. The van der Waals surface area contributed by atoms with Crippen LogP contribution in [0, 0.1) is 5.92 Å². The number of nitrogens with one attached hydrogen (secondary N) is 2. The third kappa shape index (κ3) is 5.45. The first-order valence-electron chi connectivity index (χ1n) is 9.74. The maximum Gasteiger partial charge on any atom is 0.225 e. The molecule has 1 saturated carbocycles. The molecule has 1 aromatic heterocycles. The molecule has 7 heteroatoms. The smallest absolute Gasteiger partial charge is 0.225 e. The number of rotatable bonds is 6. The van der Waals surface area contributed by atoms with E-state index in [4.69, 9.17) is 0 Å². The Balaban J connectivity index is 1.31. The summed E-state index contributed by atoms with van der Waals surface area (Å²) in [6.07, 6.45) is 4.65. The first-order valence-corrected chi connectivity index (χ1v) is 10.6. The highest BCUT2D eigenvalue weighted by molar-refractivity contribution is 7.09. The summed E-state index contributed by atoms with van der Waals surface area (Å²) in [7, 11) is 1.80. The van der Waals surface area contributed by atoms with Gasteiger partial charge in [-0.25, -0.2) is 0 Å². The molecule has 0 aromatic carbocycles. The van der Waals surface area contributed by atoms with E-state index in [2.05, 4.69) is 42.9 Å². The lowest BCUT2D eigenvalue weighted by atomic mass is 10.1. The van der Waals surface area contributed by atoms with Crippen LogP contribution in [0.4, 0.5) is 0 Å². The molecule has 0 atom stereocenters. The van der Waals surface area contributed by atoms with Gasteiger partial charge in [-0.1, -0.05) is 18.9 Å². The lowest BCUT2D eigenvalue weighted by molar-refractivity contribution is -0.137. The van der Waals surface area contributed by atoms with Gasteiger partial charge in [0.2, 0.25) is 5.91 Å². The lowest BCUT2D eigenvalue weighted by Crippen LogP contribution is -2.51. The van der Waals surface area contributed by atoms with Gasteiger partial charge in [0.15, 0.2) is 5.96 Å². The minimum Gasteiger partial charge on any atom is -0.355 e. The lowest BCUT2D eigenvalue weighted by Gasteiger charge is -2.36. The van der Waals surface area contributed by atoms with Crippen LogP contribution in [0.5, 0.6) is 0 Å². The Labute approximate surface area is 160 Å². The molecule has 0 unspecified atom stereocenters. The molecule has 2 fully saturated rings. The van der Waals surface area contributed by atoms with Crippen LogP contribution in [0.2, 0.25) is 0 Å². The highest BCUT2D eigenvalue weighted by Gasteiger charge is 2.29. The third-order valence-electron chi connectivity index (χ3n) is 5.34. The van der Waals surface area contributed by atoms with Crippen molar-refractivity contribution in [3.05, 3.63) is 22.4 Å². The summed E-state index contributed by atoms with van der Waals surface area (Å²) in [5, 5.41) is 8.81. The minimum atomic E-state index is 0.306. The van der Waals surface area contributed by atoms with E-state index in [0.29, 0.717) is 11.8 Å². The van der Waals surface area contributed by atoms with Crippen LogP contribution in [0.3, 0.4) is 0 Å². The molecule has 144 valence electrons. The second-order valence-electron chi connectivity index (χ2n) is 7.08. The van der Waals surface area contributed by atoms with Crippen molar-refractivity contribution in [2.24, 2.45) is 10.9 Å². The van der Waals surface area contributed by atoms with E-state index < -0.39 is 0 Å². The van der Waals surface area contributed by atoms with Crippen molar-refractivity contribution < 1.29 is 4.79 Å². The Hall–Kier alpha value is -1.60. The number of amides is 1. The molecule has 1 aliphatic carbocycles. The van der Waals surface area contributed by atoms with Gasteiger partial charge in [0.05, 0.1) is 6.54 Å². The van der Waals surface area contributed by atoms with E-state index in [1.165, 1.54) is 17.7 Å². The number of hydrogen-bond acceptors (Lipinski definition) is 4. The Morgan fingerprint density at radius 1 is 1.23 bits per heavy atom. The van der Waals surface area contributed by atoms with Crippen molar-refractivity contribution in [2.45, 2.75) is 32.2 Å². The molecule has 1 aliphatic heterocycles. The van der Waals surface area contributed by atoms with Gasteiger partial charge < -0.3 is 15.5 Å². The van der Waals surface area contributed by atoms with Gasteiger partial charge in [0.25, 0.3) is 0 Å². The second-order valence-corrected chi connectivity index (χ2v) is 8.11. The normalized spacial score (nSPS) is 19.7. The van der Waals surface area contributed by atoms with Crippen molar-refractivity contribution in [1.82, 2.24) is 20.4 Å². The summed E-state index contributed by atoms with van der Waals surface area (Å²) >= 11 is 1.75. The van der Waals surface area contributed by atoms with Crippen LogP contribution in [0.15, 0.2) is 22.5 Å². The van der Waals surface area contributed by atoms with E-state index in [9.17, 15) is 4.79 Å². The van der Waals surface area contributed by atoms with Gasteiger partial charge in [0, 0.05) is 57.1 Å². The molecule has 1 amide bonds. The quantitative estimate of drug-likeness (QED) is 0.586. The number of thiophene rings is 1. The molecule has 26 heavy (non-hydrogen) atoms. The zero-order chi connectivity index (χ0) is 18.2. The maximum atomic E-state index is 12.5. The number of aliphatic imine (C=N–C) groups is 1. The Bertz CT molecular complexity index is 575. The number of carbonyl (C=O) groups excluding carboxylic acids is 1. The summed E-state index contributed by atoms with van der Waals surface area (Å²) in [6.45, 7) is 6.34. The van der Waals surface area contributed by atoms with E-state index in [0.717, 1.165) is 64.6 Å². The topological polar surface area (TPSA) is 60.0 Å². The standard InChI is InChI=1S/C19H31N5OS/c1-20-19(22-15-17-7-4-14-26-17)21-8-9-23-10-12-24(13-11-23)18(25)16-5-2-3-6-16/h4,7,14,16H,2-3,5-6,8-13,15H2,1H3,(H2,20,21,22). The van der Waals surface area contributed by atoms with Crippen molar-refractivity contribution in [3.8, 4) is 0 Å². The Kier molecular flexibility index (Phi) is 7.32. The van der Waals surface area contributed by atoms with Crippen LogP contribution in [-0.2, 0) is 11.3 Å². The van der Waals surface area contributed by atoms with Gasteiger partial charge >= 0.3 is 0 Å². The van der Waals surface area contributed by atoms with Crippen LogP contribution in [-0.4, -0.2) is 68.0 Å². The van der Waals surface area contributed by atoms with Gasteiger partial charge in [-0.2, -0.15) is 0 Å². The van der Waals surface area contributed by atoms with E-state index in [1.54, 1.807) is 18.4 Å². The number of guanidine groups is 1. The predicted molar refractivity (Wildman–Crippen MR) is 107 cm³/mol. The number of carbonyl (C=O) groups is 1. The van der Waals surface area contributed by atoms with Crippen LogP contribution in [0.1, 0.15) is 30.6 Å². The third-order valence-corrected chi connectivity index (χ3v) is 6.22. The van der Waals surface area contributed by atoms with E-state index in [1.807, 2.05) is 0 Å². The van der Waals surface area contributed by atoms with Crippen LogP contribution < -0.4 is 10.6 Å². The fourth-order valence-corrected chi connectivity index (χ4v) is 4.40. The summed E-state index contributed by atoms with van der Waals surface area (Å²) in [5.41, 5.74) is 0. The molecule has 2 N–H and O–H groups in total. The van der Waals surface area contributed by atoms with Gasteiger partial charge in [-0.3, -0.25) is 14.7 Å².